The molecule has 1 fully saturated rings. The van der Waals surface area contributed by atoms with Crippen molar-refractivity contribution in [3.63, 3.8) is 0 Å². The van der Waals surface area contributed by atoms with Crippen LogP contribution in [-0.2, 0) is 16.1 Å². The number of carboxylic acids is 1. The van der Waals surface area contributed by atoms with Gasteiger partial charge in [-0.1, -0.05) is 0 Å². The SMILES string of the molecule is O=C(O)Cn1cccc1C(=O)N1CCOCC1. The zero-order valence-electron chi connectivity index (χ0n) is 9.33. The summed E-state index contributed by atoms with van der Waals surface area (Å²) in [7, 11) is 0. The van der Waals surface area contributed by atoms with E-state index in [0.717, 1.165) is 0 Å². The summed E-state index contributed by atoms with van der Waals surface area (Å²) in [5, 5.41) is 8.74. The first-order valence-electron chi connectivity index (χ1n) is 5.42. The highest BCUT2D eigenvalue weighted by Gasteiger charge is 2.21. The van der Waals surface area contributed by atoms with E-state index in [-0.39, 0.29) is 12.5 Å². The molecule has 0 spiro atoms. The lowest BCUT2D eigenvalue weighted by molar-refractivity contribution is -0.137. The van der Waals surface area contributed by atoms with Gasteiger partial charge in [-0.3, -0.25) is 9.59 Å². The van der Waals surface area contributed by atoms with Gasteiger partial charge in [-0.2, -0.15) is 0 Å². The molecule has 1 saturated heterocycles. The summed E-state index contributed by atoms with van der Waals surface area (Å²) in [4.78, 5) is 24.4. The van der Waals surface area contributed by atoms with E-state index in [1.807, 2.05) is 0 Å². The molecule has 0 saturated carbocycles. The first-order chi connectivity index (χ1) is 8.18. The molecule has 1 amide bonds. The van der Waals surface area contributed by atoms with Gasteiger partial charge in [0.15, 0.2) is 0 Å². The Morgan fingerprint density at radius 3 is 2.71 bits per heavy atom. The Bertz CT molecular complexity index is 421. The van der Waals surface area contributed by atoms with Crippen molar-refractivity contribution >= 4 is 11.9 Å². The number of aliphatic carboxylic acids is 1. The lowest BCUT2D eigenvalue weighted by Crippen LogP contribution is -2.41. The van der Waals surface area contributed by atoms with Crippen LogP contribution in [0.1, 0.15) is 10.5 Å². The molecule has 92 valence electrons. The summed E-state index contributed by atoms with van der Waals surface area (Å²) >= 11 is 0. The van der Waals surface area contributed by atoms with Gasteiger partial charge >= 0.3 is 5.97 Å². The fraction of sp³-hybridized carbons (Fsp3) is 0.455. The smallest absolute Gasteiger partial charge is 0.323 e. The summed E-state index contributed by atoms with van der Waals surface area (Å²) in [5.74, 6) is -1.10. The lowest BCUT2D eigenvalue weighted by atomic mass is 10.3. The molecule has 0 unspecified atom stereocenters. The number of morpholine rings is 1. The zero-order valence-corrected chi connectivity index (χ0v) is 9.33. The van der Waals surface area contributed by atoms with Crippen molar-refractivity contribution < 1.29 is 19.4 Å². The maximum absolute atomic E-state index is 12.1. The van der Waals surface area contributed by atoms with E-state index in [1.54, 1.807) is 23.2 Å². The molecule has 2 rings (SSSR count). The molecule has 2 heterocycles. The Labute approximate surface area is 98.4 Å². The van der Waals surface area contributed by atoms with Gasteiger partial charge < -0.3 is 19.3 Å². The second kappa shape index (κ2) is 5.01. The van der Waals surface area contributed by atoms with Crippen LogP contribution in [0.15, 0.2) is 18.3 Å². The van der Waals surface area contributed by atoms with Crippen LogP contribution in [0.2, 0.25) is 0 Å². The highest BCUT2D eigenvalue weighted by atomic mass is 16.5. The third kappa shape index (κ3) is 2.65. The molecular weight excluding hydrogens is 224 g/mol. The molecule has 0 atom stereocenters. The van der Waals surface area contributed by atoms with Crippen molar-refractivity contribution in [2.24, 2.45) is 0 Å². The van der Waals surface area contributed by atoms with Crippen LogP contribution in [0.25, 0.3) is 0 Å². The van der Waals surface area contributed by atoms with Crippen molar-refractivity contribution in [2.45, 2.75) is 6.54 Å². The van der Waals surface area contributed by atoms with Crippen LogP contribution in [0.4, 0.5) is 0 Å². The van der Waals surface area contributed by atoms with Crippen LogP contribution in [-0.4, -0.2) is 52.8 Å². The van der Waals surface area contributed by atoms with E-state index in [0.29, 0.717) is 32.0 Å². The Balaban J connectivity index is 2.12. The van der Waals surface area contributed by atoms with Gasteiger partial charge in [0.1, 0.15) is 12.2 Å². The van der Waals surface area contributed by atoms with Crippen LogP contribution < -0.4 is 0 Å². The van der Waals surface area contributed by atoms with Crippen molar-refractivity contribution in [2.75, 3.05) is 26.3 Å². The van der Waals surface area contributed by atoms with E-state index >= 15 is 0 Å². The van der Waals surface area contributed by atoms with Crippen LogP contribution in [0.5, 0.6) is 0 Å². The first kappa shape index (κ1) is 11.7. The molecule has 0 aliphatic carbocycles. The Morgan fingerprint density at radius 1 is 1.35 bits per heavy atom. The molecule has 6 nitrogen and oxygen atoms in total. The second-order valence-corrected chi connectivity index (χ2v) is 3.82. The monoisotopic (exact) mass is 238 g/mol. The minimum atomic E-state index is -0.961. The summed E-state index contributed by atoms with van der Waals surface area (Å²) in [6.45, 7) is 1.98. The number of hydrogen-bond acceptors (Lipinski definition) is 3. The van der Waals surface area contributed by atoms with Gasteiger partial charge in [0.25, 0.3) is 5.91 Å². The fourth-order valence-corrected chi connectivity index (χ4v) is 1.82. The molecule has 0 radical (unpaired) electrons. The molecule has 0 bridgehead atoms. The topological polar surface area (TPSA) is 71.8 Å². The molecule has 1 aromatic heterocycles. The van der Waals surface area contributed by atoms with Gasteiger partial charge in [0.05, 0.1) is 13.2 Å². The second-order valence-electron chi connectivity index (χ2n) is 3.82. The molecular formula is C11H14N2O4. The number of rotatable bonds is 3. The predicted octanol–water partition coefficient (Wildman–Crippen LogP) is 0.0451. The van der Waals surface area contributed by atoms with Gasteiger partial charge in [0.2, 0.25) is 0 Å². The highest BCUT2D eigenvalue weighted by molar-refractivity contribution is 5.93. The number of hydrogen-bond donors (Lipinski definition) is 1. The quantitative estimate of drug-likeness (QED) is 0.807. The van der Waals surface area contributed by atoms with Crippen molar-refractivity contribution in [1.29, 1.82) is 0 Å². The number of aromatic nitrogens is 1. The Morgan fingerprint density at radius 2 is 2.06 bits per heavy atom. The van der Waals surface area contributed by atoms with Crippen molar-refractivity contribution in [3.8, 4) is 0 Å². The normalized spacial score (nSPS) is 15.9. The van der Waals surface area contributed by atoms with Crippen molar-refractivity contribution in [1.82, 2.24) is 9.47 Å². The molecule has 1 N–H and O–H groups in total. The molecule has 6 heteroatoms. The van der Waals surface area contributed by atoms with E-state index in [1.165, 1.54) is 4.57 Å². The maximum Gasteiger partial charge on any atom is 0.323 e. The average Bonchev–Trinajstić information content (AvgIpc) is 2.76. The predicted molar refractivity (Wildman–Crippen MR) is 58.8 cm³/mol. The summed E-state index contributed by atoms with van der Waals surface area (Å²) < 4.78 is 6.61. The fourth-order valence-electron chi connectivity index (χ4n) is 1.82. The zero-order chi connectivity index (χ0) is 12.3. The maximum atomic E-state index is 12.1. The molecule has 17 heavy (non-hydrogen) atoms. The van der Waals surface area contributed by atoms with Crippen LogP contribution >= 0.6 is 0 Å². The van der Waals surface area contributed by atoms with E-state index in [4.69, 9.17) is 9.84 Å². The highest BCUT2D eigenvalue weighted by Crippen LogP contribution is 2.08. The number of carboxylic acid groups (broad SMARTS) is 1. The standard InChI is InChI=1S/C11H14N2O4/c14-10(15)8-13-3-1-2-9(13)11(16)12-4-6-17-7-5-12/h1-3H,4-8H2,(H,14,15). The van der Waals surface area contributed by atoms with Crippen LogP contribution in [0, 0.1) is 0 Å². The van der Waals surface area contributed by atoms with E-state index in [2.05, 4.69) is 0 Å². The number of ether oxygens (including phenoxy) is 1. The number of carbonyl (C=O) groups is 2. The molecule has 0 aromatic carbocycles. The van der Waals surface area contributed by atoms with Gasteiger partial charge in [-0.25, -0.2) is 0 Å². The number of carbonyl (C=O) groups excluding carboxylic acids is 1. The molecule has 1 aromatic rings. The Hall–Kier alpha value is -1.82. The summed E-state index contributed by atoms with van der Waals surface area (Å²) in [5.41, 5.74) is 0.411. The minimum absolute atomic E-state index is 0.139. The third-order valence-corrected chi connectivity index (χ3v) is 2.65. The third-order valence-electron chi connectivity index (χ3n) is 2.65. The minimum Gasteiger partial charge on any atom is -0.480 e. The van der Waals surface area contributed by atoms with Gasteiger partial charge in [-0.15, -0.1) is 0 Å². The van der Waals surface area contributed by atoms with Crippen molar-refractivity contribution in [3.05, 3.63) is 24.0 Å². The summed E-state index contributed by atoms with van der Waals surface area (Å²) in [6.07, 6.45) is 1.60. The summed E-state index contributed by atoms with van der Waals surface area (Å²) in [6, 6.07) is 3.32. The van der Waals surface area contributed by atoms with Gasteiger partial charge in [-0.05, 0) is 12.1 Å². The first-order valence-corrected chi connectivity index (χ1v) is 5.42. The lowest BCUT2D eigenvalue weighted by Gasteiger charge is -2.27. The van der Waals surface area contributed by atoms with E-state index in [9.17, 15) is 9.59 Å². The number of nitrogens with zero attached hydrogens (tertiary/aromatic N) is 2. The largest absolute Gasteiger partial charge is 0.480 e. The van der Waals surface area contributed by atoms with Gasteiger partial charge in [0, 0.05) is 19.3 Å². The average molecular weight is 238 g/mol. The Kier molecular flexibility index (Phi) is 3.43. The van der Waals surface area contributed by atoms with E-state index < -0.39 is 5.97 Å². The van der Waals surface area contributed by atoms with Crippen LogP contribution in [0.3, 0.4) is 0 Å². The number of amides is 1. The molecule has 1 aliphatic heterocycles. The molecule has 1 aliphatic rings.